The van der Waals surface area contributed by atoms with Crippen molar-refractivity contribution in [2.75, 3.05) is 6.16 Å². The molecule has 1 aromatic carbocycles. The van der Waals surface area contributed by atoms with Crippen LogP contribution in [0.3, 0.4) is 0 Å². The second-order valence-corrected chi connectivity index (χ2v) is 9.94. The van der Waals surface area contributed by atoms with Gasteiger partial charge in [-0.25, -0.2) is 4.79 Å². The Bertz CT molecular complexity index is 1210. The second kappa shape index (κ2) is 7.86. The van der Waals surface area contributed by atoms with Crippen LogP contribution in [0.15, 0.2) is 46.1 Å². The van der Waals surface area contributed by atoms with Crippen LogP contribution in [0.5, 0.6) is 0 Å². The number of nitrogens with one attached hydrogen (secondary N) is 1. The molecule has 2 aromatic heterocycles. The molecule has 1 aliphatic rings. The van der Waals surface area contributed by atoms with Crippen LogP contribution in [0.2, 0.25) is 0 Å². The number of hydrogen-bond donors (Lipinski definition) is 5. The van der Waals surface area contributed by atoms with E-state index in [1.807, 2.05) is 30.3 Å². The van der Waals surface area contributed by atoms with Gasteiger partial charge in [-0.2, -0.15) is 0 Å². The van der Waals surface area contributed by atoms with Crippen LogP contribution in [0, 0.1) is 0 Å². The highest BCUT2D eigenvalue weighted by Crippen LogP contribution is 2.39. The summed E-state index contributed by atoms with van der Waals surface area (Å²) >= 11 is 1.36. The molecule has 160 valence electrons. The van der Waals surface area contributed by atoms with Gasteiger partial charge in [0.15, 0.2) is 6.23 Å². The third kappa shape index (κ3) is 4.06. The number of fused-ring (bicyclic) bond motifs is 1. The van der Waals surface area contributed by atoms with Crippen molar-refractivity contribution in [1.82, 2.24) is 9.55 Å². The zero-order valence-corrected chi connectivity index (χ0v) is 17.1. The molecule has 1 aliphatic heterocycles. The molecule has 0 aliphatic carbocycles. The molecule has 10 nitrogen and oxygen atoms in total. The predicted molar refractivity (Wildman–Crippen MR) is 110 cm³/mol. The molecule has 0 saturated carbocycles. The molecular formula is C18H19N2O8PS. The van der Waals surface area contributed by atoms with Crippen LogP contribution in [0.1, 0.15) is 12.6 Å². The zero-order valence-electron chi connectivity index (χ0n) is 15.4. The average molecular weight is 454 g/mol. The molecule has 3 heterocycles. The minimum absolute atomic E-state index is 0.194. The summed E-state index contributed by atoms with van der Waals surface area (Å²) in [4.78, 5) is 45.6. The quantitative estimate of drug-likeness (QED) is 0.350. The lowest BCUT2D eigenvalue weighted by Crippen LogP contribution is -2.38. The van der Waals surface area contributed by atoms with Crippen LogP contribution in [0.25, 0.3) is 20.5 Å². The number of aromatic amines is 1. The average Bonchev–Trinajstić information content (AvgIpc) is 3.22. The highest BCUT2D eigenvalue weighted by atomic mass is 32.1. The van der Waals surface area contributed by atoms with Crippen molar-refractivity contribution in [1.29, 1.82) is 0 Å². The molecule has 0 unspecified atom stereocenters. The number of aliphatic hydroxyl groups is 2. The van der Waals surface area contributed by atoms with E-state index in [2.05, 4.69) is 4.98 Å². The summed E-state index contributed by atoms with van der Waals surface area (Å²) in [5.74, 6) is 0. The van der Waals surface area contributed by atoms with Crippen molar-refractivity contribution in [2.45, 2.75) is 31.0 Å². The Balaban J connectivity index is 1.69. The number of aromatic nitrogens is 2. The summed E-state index contributed by atoms with van der Waals surface area (Å²) < 4.78 is 18.6. The van der Waals surface area contributed by atoms with Crippen LogP contribution in [0.4, 0.5) is 0 Å². The molecule has 0 radical (unpaired) electrons. The molecule has 3 aromatic rings. The summed E-state index contributed by atoms with van der Waals surface area (Å²) in [6.45, 7) is 0. The molecule has 30 heavy (non-hydrogen) atoms. The first kappa shape index (κ1) is 21.1. The second-order valence-electron chi connectivity index (χ2n) is 7.08. The third-order valence-electron chi connectivity index (χ3n) is 4.98. The van der Waals surface area contributed by atoms with E-state index in [0.29, 0.717) is 4.88 Å². The van der Waals surface area contributed by atoms with E-state index in [4.69, 9.17) is 14.5 Å². The summed E-state index contributed by atoms with van der Waals surface area (Å²) in [7, 11) is -4.32. The molecule has 4 rings (SSSR count). The monoisotopic (exact) mass is 454 g/mol. The van der Waals surface area contributed by atoms with Gasteiger partial charge in [0.2, 0.25) is 0 Å². The fraction of sp³-hybridized carbons (Fsp3) is 0.333. The maximum Gasteiger partial charge on any atom is 0.330 e. The van der Waals surface area contributed by atoms with Crippen molar-refractivity contribution < 1.29 is 29.3 Å². The van der Waals surface area contributed by atoms with Crippen molar-refractivity contribution in [3.8, 4) is 10.4 Å². The number of aliphatic hydroxyl groups excluding tert-OH is 2. The molecule has 0 amide bonds. The molecule has 4 atom stereocenters. The number of nitrogens with zero attached hydrogens (tertiary/aromatic N) is 1. The predicted octanol–water partition coefficient (Wildman–Crippen LogP) is 0.605. The van der Waals surface area contributed by atoms with Gasteiger partial charge in [-0.1, -0.05) is 18.2 Å². The van der Waals surface area contributed by atoms with Crippen molar-refractivity contribution in [3.63, 3.8) is 0 Å². The minimum Gasteiger partial charge on any atom is -0.388 e. The van der Waals surface area contributed by atoms with Crippen LogP contribution in [-0.4, -0.2) is 54.0 Å². The zero-order chi connectivity index (χ0) is 21.6. The molecular weight excluding hydrogens is 435 g/mol. The highest BCUT2D eigenvalue weighted by Gasteiger charge is 2.44. The van der Waals surface area contributed by atoms with Gasteiger partial charge in [0, 0.05) is 15.8 Å². The number of thiophene rings is 1. The van der Waals surface area contributed by atoms with Crippen molar-refractivity contribution in [3.05, 3.63) is 57.4 Å². The lowest BCUT2D eigenvalue weighted by molar-refractivity contribution is -0.0404. The SMILES string of the molecule is O=c1[nH]c(=O)n([C@@H]2O[C@H](CCP(=O)(O)O)[C@@H](O)[C@H]2O)cc1-c1cc2ccccc2s1. The van der Waals surface area contributed by atoms with E-state index in [9.17, 15) is 24.4 Å². The Morgan fingerprint density at radius 2 is 1.90 bits per heavy atom. The number of ether oxygens (including phenoxy) is 1. The van der Waals surface area contributed by atoms with E-state index in [1.54, 1.807) is 0 Å². The molecule has 1 fully saturated rings. The first-order chi connectivity index (χ1) is 14.1. The first-order valence-electron chi connectivity index (χ1n) is 9.04. The first-order valence-corrected chi connectivity index (χ1v) is 11.7. The lowest BCUT2D eigenvalue weighted by Gasteiger charge is -2.18. The van der Waals surface area contributed by atoms with E-state index in [1.165, 1.54) is 17.5 Å². The number of hydrogen-bond acceptors (Lipinski definition) is 7. The lowest BCUT2D eigenvalue weighted by atomic mass is 10.1. The largest absolute Gasteiger partial charge is 0.388 e. The summed E-state index contributed by atoms with van der Waals surface area (Å²) in [5.41, 5.74) is -1.25. The molecule has 0 spiro atoms. The van der Waals surface area contributed by atoms with Crippen LogP contribution < -0.4 is 11.2 Å². The minimum atomic E-state index is -4.32. The Morgan fingerprint density at radius 1 is 1.17 bits per heavy atom. The topological polar surface area (TPSA) is 162 Å². The number of H-pyrrole nitrogens is 1. The van der Waals surface area contributed by atoms with Gasteiger partial charge < -0.3 is 24.7 Å². The molecule has 12 heteroatoms. The number of benzene rings is 1. The smallest absolute Gasteiger partial charge is 0.330 e. The van der Waals surface area contributed by atoms with E-state index >= 15 is 0 Å². The van der Waals surface area contributed by atoms with Gasteiger partial charge in [0.25, 0.3) is 5.56 Å². The van der Waals surface area contributed by atoms with Gasteiger partial charge in [0.05, 0.1) is 17.8 Å². The molecule has 0 bridgehead atoms. The number of rotatable bonds is 5. The fourth-order valence-corrected chi connectivity index (χ4v) is 5.12. The standard InChI is InChI=1S/C18H19N2O8PS/c21-14-11(5-6-29(25,26)27)28-17(15(14)22)20-8-10(16(23)19-18(20)24)13-7-9-3-1-2-4-12(9)30-13/h1-4,7-8,11,14-15,17,21-22H,5-6H2,(H,19,23,24)(H2,25,26,27)/t11-,14-,15-,17-/m1/s1. The third-order valence-corrected chi connectivity index (χ3v) is 6.97. The summed E-state index contributed by atoms with van der Waals surface area (Å²) in [6, 6.07) is 9.34. The Morgan fingerprint density at radius 3 is 2.60 bits per heavy atom. The van der Waals surface area contributed by atoms with E-state index < -0.39 is 49.5 Å². The van der Waals surface area contributed by atoms with Crippen molar-refractivity contribution in [2.24, 2.45) is 0 Å². The van der Waals surface area contributed by atoms with Gasteiger partial charge >= 0.3 is 13.3 Å². The fourth-order valence-electron chi connectivity index (χ4n) is 3.46. The summed E-state index contributed by atoms with van der Waals surface area (Å²) in [5, 5.41) is 21.5. The van der Waals surface area contributed by atoms with Crippen LogP contribution in [-0.2, 0) is 9.30 Å². The van der Waals surface area contributed by atoms with E-state index in [0.717, 1.165) is 14.7 Å². The Hall–Kier alpha value is -2.11. The van der Waals surface area contributed by atoms with Crippen molar-refractivity contribution >= 4 is 29.0 Å². The Kier molecular flexibility index (Phi) is 5.54. The highest BCUT2D eigenvalue weighted by molar-refractivity contribution is 7.51. The normalized spacial score (nSPS) is 24.5. The maximum absolute atomic E-state index is 12.4. The van der Waals surface area contributed by atoms with Gasteiger partial charge in [-0.05, 0) is 23.9 Å². The van der Waals surface area contributed by atoms with Gasteiger partial charge in [-0.3, -0.25) is 18.9 Å². The molecule has 1 saturated heterocycles. The Labute approximate surface area is 173 Å². The van der Waals surface area contributed by atoms with Crippen LogP contribution >= 0.6 is 18.9 Å². The summed E-state index contributed by atoms with van der Waals surface area (Å²) in [6.07, 6.45) is -4.86. The van der Waals surface area contributed by atoms with Gasteiger partial charge in [-0.15, -0.1) is 11.3 Å². The van der Waals surface area contributed by atoms with Gasteiger partial charge in [0.1, 0.15) is 12.2 Å². The molecule has 5 N–H and O–H groups in total. The maximum atomic E-state index is 12.4. The van der Waals surface area contributed by atoms with E-state index in [-0.39, 0.29) is 12.0 Å².